The monoisotopic (exact) mass is 476 g/mol. The van der Waals surface area contributed by atoms with Crippen LogP contribution in [0.3, 0.4) is 0 Å². The first kappa shape index (κ1) is 20.8. The van der Waals surface area contributed by atoms with Gasteiger partial charge in [0.05, 0.1) is 22.7 Å². The quantitative estimate of drug-likeness (QED) is 0.503. The van der Waals surface area contributed by atoms with Crippen molar-refractivity contribution in [2.24, 2.45) is 0 Å². The van der Waals surface area contributed by atoms with Gasteiger partial charge in [-0.3, -0.25) is 4.79 Å². The number of nitrogens with one attached hydrogen (secondary N) is 3. The fourth-order valence-electron chi connectivity index (χ4n) is 4.65. The smallest absolute Gasteiger partial charge is 0.319 e. The fraction of sp³-hybridized carbons (Fsp3) is 0.240. The zero-order chi connectivity index (χ0) is 23.4. The van der Waals surface area contributed by atoms with Gasteiger partial charge in [0.15, 0.2) is 0 Å². The zero-order valence-electron chi connectivity index (χ0n) is 18.2. The van der Waals surface area contributed by atoms with E-state index in [9.17, 15) is 9.59 Å². The molecule has 0 bridgehead atoms. The van der Waals surface area contributed by atoms with E-state index in [2.05, 4.69) is 20.9 Å². The minimum atomic E-state index is -0.321. The van der Waals surface area contributed by atoms with Crippen LogP contribution in [0.4, 0.5) is 16.3 Å². The lowest BCUT2D eigenvalue weighted by Gasteiger charge is -2.19. The van der Waals surface area contributed by atoms with E-state index in [1.54, 1.807) is 18.3 Å². The molecule has 34 heavy (non-hydrogen) atoms. The van der Waals surface area contributed by atoms with Crippen molar-refractivity contribution in [3.63, 3.8) is 0 Å². The maximum Gasteiger partial charge on any atom is 0.319 e. The third kappa shape index (κ3) is 3.60. The Morgan fingerprint density at radius 1 is 1.24 bits per heavy atom. The molecule has 2 aromatic carbocycles. The van der Waals surface area contributed by atoms with Gasteiger partial charge in [-0.15, -0.1) is 0 Å². The summed E-state index contributed by atoms with van der Waals surface area (Å²) in [7, 11) is 0. The van der Waals surface area contributed by atoms with E-state index >= 15 is 0 Å². The van der Waals surface area contributed by atoms with Crippen molar-refractivity contribution in [1.82, 2.24) is 10.3 Å². The van der Waals surface area contributed by atoms with E-state index in [-0.39, 0.29) is 30.0 Å². The summed E-state index contributed by atoms with van der Waals surface area (Å²) < 4.78 is 12.2. The summed E-state index contributed by atoms with van der Waals surface area (Å²) in [6, 6.07) is 12.5. The normalized spacial score (nSPS) is 21.4. The second-order valence-corrected chi connectivity index (χ2v) is 9.06. The van der Waals surface area contributed by atoms with Gasteiger partial charge in [-0.1, -0.05) is 23.7 Å². The third-order valence-electron chi connectivity index (χ3n) is 6.42. The molecule has 1 aromatic heterocycles. The highest BCUT2D eigenvalue weighted by Crippen LogP contribution is 2.54. The molecule has 3 amide bonds. The first-order chi connectivity index (χ1) is 16.5. The van der Waals surface area contributed by atoms with E-state index in [4.69, 9.17) is 21.1 Å². The maximum atomic E-state index is 12.6. The molecule has 3 atom stereocenters. The number of para-hydroxylation sites is 1. The highest BCUT2D eigenvalue weighted by Gasteiger charge is 2.59. The Labute approximate surface area is 200 Å². The first-order valence-corrected chi connectivity index (χ1v) is 11.4. The van der Waals surface area contributed by atoms with Gasteiger partial charge in [0.25, 0.3) is 0 Å². The Hall–Kier alpha value is -3.78. The minimum absolute atomic E-state index is 0.0427. The van der Waals surface area contributed by atoms with Crippen molar-refractivity contribution in [1.29, 1.82) is 0 Å². The predicted octanol–water partition coefficient (Wildman–Crippen LogP) is 4.77. The Morgan fingerprint density at radius 3 is 2.97 bits per heavy atom. The van der Waals surface area contributed by atoms with Crippen molar-refractivity contribution in [2.75, 3.05) is 10.6 Å². The molecule has 3 heterocycles. The number of carbonyl (C=O) groups is 2. The lowest BCUT2D eigenvalue weighted by molar-refractivity contribution is -0.116. The van der Waals surface area contributed by atoms with Crippen LogP contribution in [0.2, 0.25) is 5.02 Å². The molecule has 1 aliphatic carbocycles. The van der Waals surface area contributed by atoms with Crippen molar-refractivity contribution >= 4 is 35.0 Å². The maximum absolute atomic E-state index is 12.6. The largest absolute Gasteiger partial charge is 0.487 e. The lowest BCUT2D eigenvalue weighted by Crippen LogP contribution is -2.34. The van der Waals surface area contributed by atoms with E-state index in [1.807, 2.05) is 37.3 Å². The van der Waals surface area contributed by atoms with E-state index in [1.165, 1.54) is 0 Å². The molecule has 3 N–H and O–H groups in total. The number of hydrogen-bond donors (Lipinski definition) is 3. The SMILES string of the molecule is Cc1cccc(Cl)c1NC(=O)N[C@@H]1[C@H]2Oc3ccc(Oc4ccnc5c4CCC(=O)N5)cc3[C@@H]12. The van der Waals surface area contributed by atoms with Crippen LogP contribution in [0.15, 0.2) is 48.7 Å². The number of anilines is 2. The van der Waals surface area contributed by atoms with Crippen LogP contribution >= 0.6 is 11.6 Å². The molecule has 0 unspecified atom stereocenters. The summed E-state index contributed by atoms with van der Waals surface area (Å²) in [5.41, 5.74) is 3.37. The molecule has 6 rings (SSSR count). The van der Waals surface area contributed by atoms with Crippen LogP contribution in [-0.4, -0.2) is 29.1 Å². The number of benzene rings is 2. The molecular formula is C25H21ClN4O4. The molecule has 0 radical (unpaired) electrons. The molecule has 9 heteroatoms. The topological polar surface area (TPSA) is 102 Å². The molecule has 0 saturated heterocycles. The number of carbonyl (C=O) groups excluding carboxylic acids is 2. The van der Waals surface area contributed by atoms with Gasteiger partial charge in [0.1, 0.15) is 29.2 Å². The Morgan fingerprint density at radius 2 is 2.12 bits per heavy atom. The molecule has 0 spiro atoms. The van der Waals surface area contributed by atoms with Gasteiger partial charge >= 0.3 is 6.03 Å². The van der Waals surface area contributed by atoms with Crippen LogP contribution in [0.25, 0.3) is 0 Å². The van der Waals surface area contributed by atoms with Crippen LogP contribution in [0.1, 0.15) is 29.0 Å². The summed E-state index contributed by atoms with van der Waals surface area (Å²) in [5, 5.41) is 9.11. The average Bonchev–Trinajstić information content (AvgIpc) is 3.32. The molecule has 1 saturated carbocycles. The van der Waals surface area contributed by atoms with Crippen LogP contribution in [0, 0.1) is 6.92 Å². The van der Waals surface area contributed by atoms with Crippen molar-refractivity contribution in [2.45, 2.75) is 37.8 Å². The average molecular weight is 477 g/mol. The van der Waals surface area contributed by atoms with Gasteiger partial charge in [0, 0.05) is 23.7 Å². The number of rotatable bonds is 4. The van der Waals surface area contributed by atoms with Gasteiger partial charge in [0.2, 0.25) is 5.91 Å². The van der Waals surface area contributed by atoms with E-state index in [0.717, 1.165) is 22.4 Å². The van der Waals surface area contributed by atoms with Crippen LogP contribution in [-0.2, 0) is 11.2 Å². The molecule has 3 aliphatic rings. The molecular weight excluding hydrogens is 456 g/mol. The summed E-state index contributed by atoms with van der Waals surface area (Å²) >= 11 is 6.22. The number of hydrogen-bond acceptors (Lipinski definition) is 5. The number of pyridine rings is 1. The summed E-state index contributed by atoms with van der Waals surface area (Å²) in [6.45, 7) is 1.89. The Kier molecular flexibility index (Phi) is 4.84. The van der Waals surface area contributed by atoms with Crippen LogP contribution in [0.5, 0.6) is 17.2 Å². The minimum Gasteiger partial charge on any atom is -0.487 e. The van der Waals surface area contributed by atoms with Gasteiger partial charge in [-0.2, -0.15) is 0 Å². The third-order valence-corrected chi connectivity index (χ3v) is 6.73. The molecule has 172 valence electrons. The molecule has 8 nitrogen and oxygen atoms in total. The second kappa shape index (κ2) is 7.92. The number of urea groups is 1. The van der Waals surface area contributed by atoms with E-state index in [0.29, 0.717) is 40.9 Å². The fourth-order valence-corrected chi connectivity index (χ4v) is 4.92. The number of fused-ring (bicyclic) bond motifs is 4. The second-order valence-electron chi connectivity index (χ2n) is 8.65. The van der Waals surface area contributed by atoms with Crippen LogP contribution < -0.4 is 25.4 Å². The van der Waals surface area contributed by atoms with Gasteiger partial charge < -0.3 is 25.4 Å². The number of halogens is 1. The number of amides is 3. The Balaban J connectivity index is 1.16. The zero-order valence-corrected chi connectivity index (χ0v) is 19.0. The molecule has 1 fully saturated rings. The first-order valence-electron chi connectivity index (χ1n) is 11.1. The summed E-state index contributed by atoms with van der Waals surface area (Å²) in [5.74, 6) is 2.69. The van der Waals surface area contributed by atoms with Crippen molar-refractivity contribution in [3.05, 3.63) is 70.4 Å². The molecule has 3 aromatic rings. The van der Waals surface area contributed by atoms with Gasteiger partial charge in [-0.25, -0.2) is 9.78 Å². The van der Waals surface area contributed by atoms with Crippen molar-refractivity contribution in [3.8, 4) is 17.2 Å². The summed E-state index contributed by atoms with van der Waals surface area (Å²) in [4.78, 5) is 28.5. The standard InChI is InChI=1S/C25H21ClN4O4/c1-12-3-2-4-16(26)21(12)29-25(32)30-22-20-15-11-13(5-7-17(15)34-23(20)22)33-18-9-10-27-24-14(18)6-8-19(31)28-24/h2-5,7,9-11,20,22-23H,6,8H2,1H3,(H,27,28,31)(H2,29,30,32)/t20-,22-,23-/m0/s1. The number of aromatic nitrogens is 1. The van der Waals surface area contributed by atoms with Crippen molar-refractivity contribution < 1.29 is 19.1 Å². The number of nitrogens with zero attached hydrogens (tertiary/aromatic N) is 1. The highest BCUT2D eigenvalue weighted by atomic mass is 35.5. The highest BCUT2D eigenvalue weighted by molar-refractivity contribution is 6.33. The lowest BCUT2D eigenvalue weighted by atomic mass is 10.1. The van der Waals surface area contributed by atoms with Gasteiger partial charge in [-0.05, 0) is 49.2 Å². The summed E-state index contributed by atoms with van der Waals surface area (Å²) in [6.07, 6.45) is 2.49. The van der Waals surface area contributed by atoms with E-state index < -0.39 is 0 Å². The number of ether oxygens (including phenoxy) is 2. The molecule has 2 aliphatic heterocycles. The predicted molar refractivity (Wildman–Crippen MR) is 127 cm³/mol. The Bertz CT molecular complexity index is 1320. The number of aryl methyl sites for hydroxylation is 1.